The largest absolute Gasteiger partial charge is 0.364 e. The Labute approximate surface area is 113 Å². The van der Waals surface area contributed by atoms with E-state index in [4.69, 9.17) is 5.73 Å². The lowest BCUT2D eigenvalue weighted by atomic mass is 10.2. The highest BCUT2D eigenvalue weighted by atomic mass is 16.1. The summed E-state index contributed by atoms with van der Waals surface area (Å²) in [6.45, 7) is 1.67. The van der Waals surface area contributed by atoms with E-state index in [2.05, 4.69) is 15.0 Å². The van der Waals surface area contributed by atoms with E-state index in [0.29, 0.717) is 16.7 Å². The molecule has 7 heteroatoms. The molecule has 0 aliphatic carbocycles. The minimum absolute atomic E-state index is 0.0762. The molecule has 0 spiro atoms. The van der Waals surface area contributed by atoms with E-state index >= 15 is 0 Å². The van der Waals surface area contributed by atoms with Crippen LogP contribution in [0.2, 0.25) is 0 Å². The lowest BCUT2D eigenvalue weighted by Gasteiger charge is -2.09. The molecular formula is C13H11N5O2. The Morgan fingerprint density at radius 3 is 2.85 bits per heavy atom. The van der Waals surface area contributed by atoms with Crippen molar-refractivity contribution in [3.8, 4) is 5.82 Å². The van der Waals surface area contributed by atoms with E-state index in [0.717, 1.165) is 0 Å². The first-order valence-corrected chi connectivity index (χ1v) is 5.91. The average molecular weight is 269 g/mol. The van der Waals surface area contributed by atoms with Crippen LogP contribution < -0.4 is 11.3 Å². The van der Waals surface area contributed by atoms with Crippen LogP contribution in [0.15, 0.2) is 35.4 Å². The number of benzene rings is 1. The van der Waals surface area contributed by atoms with Gasteiger partial charge in [-0.1, -0.05) is 12.1 Å². The number of nitrogens with two attached hydrogens (primary N) is 1. The van der Waals surface area contributed by atoms with Gasteiger partial charge in [0.05, 0.1) is 17.2 Å². The molecule has 0 saturated heterocycles. The number of aromatic amines is 1. The monoisotopic (exact) mass is 269 g/mol. The average Bonchev–Trinajstić information content (AvgIpc) is 2.88. The molecular weight excluding hydrogens is 258 g/mol. The second-order valence-electron chi connectivity index (χ2n) is 4.28. The first-order valence-electron chi connectivity index (χ1n) is 5.91. The quantitative estimate of drug-likeness (QED) is 0.707. The minimum Gasteiger partial charge on any atom is -0.364 e. The van der Waals surface area contributed by atoms with Crippen molar-refractivity contribution in [3.05, 3.63) is 52.5 Å². The lowest BCUT2D eigenvalue weighted by molar-refractivity contribution is 0.0996. The van der Waals surface area contributed by atoms with Crippen LogP contribution in [0.1, 0.15) is 16.3 Å². The summed E-state index contributed by atoms with van der Waals surface area (Å²) in [5.41, 5.74) is 5.65. The zero-order chi connectivity index (χ0) is 14.3. The van der Waals surface area contributed by atoms with E-state index in [1.54, 1.807) is 25.1 Å². The molecule has 20 heavy (non-hydrogen) atoms. The second kappa shape index (κ2) is 4.30. The van der Waals surface area contributed by atoms with Crippen molar-refractivity contribution >= 4 is 16.8 Å². The fraction of sp³-hybridized carbons (Fsp3) is 0.0769. The van der Waals surface area contributed by atoms with Crippen LogP contribution in [0.5, 0.6) is 0 Å². The standard InChI is InChI=1S/C13H11N5O2/c1-7-17-9-5-3-2-4-8(9)13(20)18(7)12-10(11(14)19)15-6-16-12/h2-6H,1H3,(H2,14,19)(H,15,16). The van der Waals surface area contributed by atoms with E-state index in [9.17, 15) is 9.59 Å². The normalized spacial score (nSPS) is 10.8. The van der Waals surface area contributed by atoms with Gasteiger partial charge >= 0.3 is 0 Å². The number of para-hydroxylation sites is 1. The first kappa shape index (κ1) is 12.1. The van der Waals surface area contributed by atoms with Gasteiger partial charge in [-0.2, -0.15) is 0 Å². The summed E-state index contributed by atoms with van der Waals surface area (Å²) >= 11 is 0. The third-order valence-electron chi connectivity index (χ3n) is 3.02. The number of aromatic nitrogens is 4. The van der Waals surface area contributed by atoms with Crippen molar-refractivity contribution in [2.24, 2.45) is 5.73 Å². The fourth-order valence-electron chi connectivity index (χ4n) is 2.13. The van der Waals surface area contributed by atoms with Crippen molar-refractivity contribution in [2.75, 3.05) is 0 Å². The molecule has 1 amide bonds. The number of aryl methyl sites for hydroxylation is 1. The number of rotatable bonds is 2. The molecule has 3 N–H and O–H groups in total. The van der Waals surface area contributed by atoms with Crippen molar-refractivity contribution in [1.82, 2.24) is 19.5 Å². The fourth-order valence-corrected chi connectivity index (χ4v) is 2.13. The summed E-state index contributed by atoms with van der Waals surface area (Å²) in [6.07, 6.45) is 1.32. The maximum Gasteiger partial charge on any atom is 0.269 e. The molecule has 7 nitrogen and oxygen atoms in total. The van der Waals surface area contributed by atoms with Gasteiger partial charge in [0.15, 0.2) is 5.82 Å². The molecule has 3 aromatic rings. The van der Waals surface area contributed by atoms with E-state index in [1.807, 2.05) is 6.07 Å². The Kier molecular flexibility index (Phi) is 2.60. The topological polar surface area (TPSA) is 107 Å². The molecule has 100 valence electrons. The number of carbonyl (C=O) groups excluding carboxylic acids is 1. The van der Waals surface area contributed by atoms with Crippen LogP contribution in [0.25, 0.3) is 16.7 Å². The van der Waals surface area contributed by atoms with Gasteiger partial charge in [0.2, 0.25) is 0 Å². The third kappa shape index (κ3) is 1.68. The van der Waals surface area contributed by atoms with Gasteiger partial charge in [-0.15, -0.1) is 0 Å². The SMILES string of the molecule is Cc1nc2ccccc2c(=O)n1-c1nc[nH]c1C(N)=O. The lowest BCUT2D eigenvalue weighted by Crippen LogP contribution is -2.25. The van der Waals surface area contributed by atoms with Gasteiger partial charge in [0, 0.05) is 0 Å². The Morgan fingerprint density at radius 1 is 1.35 bits per heavy atom. The Morgan fingerprint density at radius 2 is 2.10 bits per heavy atom. The predicted octanol–water partition coefficient (Wildman–Crippen LogP) is 0.516. The Balaban J connectivity index is 2.40. The summed E-state index contributed by atoms with van der Waals surface area (Å²) in [4.78, 5) is 34.9. The smallest absolute Gasteiger partial charge is 0.269 e. The summed E-state index contributed by atoms with van der Waals surface area (Å²) in [6, 6.07) is 7.00. The van der Waals surface area contributed by atoms with Crippen LogP contribution >= 0.6 is 0 Å². The maximum absolute atomic E-state index is 12.5. The zero-order valence-corrected chi connectivity index (χ0v) is 10.6. The number of H-pyrrole nitrogens is 1. The van der Waals surface area contributed by atoms with Crippen LogP contribution in [0.3, 0.4) is 0 Å². The number of nitrogens with one attached hydrogen (secondary N) is 1. The molecule has 0 bridgehead atoms. The number of fused-ring (bicyclic) bond motifs is 1. The van der Waals surface area contributed by atoms with Crippen LogP contribution in [-0.4, -0.2) is 25.4 Å². The van der Waals surface area contributed by atoms with E-state index in [-0.39, 0.29) is 17.1 Å². The molecule has 0 radical (unpaired) electrons. The van der Waals surface area contributed by atoms with Crippen molar-refractivity contribution < 1.29 is 4.79 Å². The van der Waals surface area contributed by atoms with Crippen molar-refractivity contribution in [3.63, 3.8) is 0 Å². The van der Waals surface area contributed by atoms with Crippen LogP contribution in [0.4, 0.5) is 0 Å². The highest BCUT2D eigenvalue weighted by Crippen LogP contribution is 2.13. The van der Waals surface area contributed by atoms with E-state index < -0.39 is 5.91 Å². The molecule has 2 heterocycles. The molecule has 0 aliphatic heterocycles. The molecule has 1 aromatic carbocycles. The number of hydrogen-bond acceptors (Lipinski definition) is 4. The highest BCUT2D eigenvalue weighted by molar-refractivity contribution is 5.94. The number of nitrogens with zero attached hydrogens (tertiary/aromatic N) is 3. The number of carbonyl (C=O) groups is 1. The second-order valence-corrected chi connectivity index (χ2v) is 4.28. The third-order valence-corrected chi connectivity index (χ3v) is 3.02. The number of imidazole rings is 1. The van der Waals surface area contributed by atoms with Crippen molar-refractivity contribution in [1.29, 1.82) is 0 Å². The van der Waals surface area contributed by atoms with Gasteiger partial charge in [0.1, 0.15) is 11.5 Å². The summed E-state index contributed by atoms with van der Waals surface area (Å²) in [7, 11) is 0. The summed E-state index contributed by atoms with van der Waals surface area (Å²) < 4.78 is 1.28. The predicted molar refractivity (Wildman–Crippen MR) is 72.7 cm³/mol. The molecule has 0 fully saturated rings. The Bertz CT molecular complexity index is 878. The van der Waals surface area contributed by atoms with E-state index in [1.165, 1.54) is 10.9 Å². The minimum atomic E-state index is -0.683. The Hall–Kier alpha value is -2.96. The molecule has 2 aromatic heterocycles. The van der Waals surface area contributed by atoms with Crippen LogP contribution in [0, 0.1) is 6.92 Å². The zero-order valence-electron chi connectivity index (χ0n) is 10.6. The van der Waals surface area contributed by atoms with Crippen LogP contribution in [-0.2, 0) is 0 Å². The van der Waals surface area contributed by atoms with Gasteiger partial charge < -0.3 is 10.7 Å². The summed E-state index contributed by atoms with van der Waals surface area (Å²) in [5.74, 6) is -0.0847. The van der Waals surface area contributed by atoms with Gasteiger partial charge in [-0.05, 0) is 19.1 Å². The number of amides is 1. The van der Waals surface area contributed by atoms with Gasteiger partial charge in [0.25, 0.3) is 11.5 Å². The van der Waals surface area contributed by atoms with Crippen molar-refractivity contribution in [2.45, 2.75) is 6.92 Å². The molecule has 0 unspecified atom stereocenters. The first-order chi connectivity index (χ1) is 9.59. The highest BCUT2D eigenvalue weighted by Gasteiger charge is 2.17. The number of primary amides is 1. The number of hydrogen-bond donors (Lipinski definition) is 2. The molecule has 0 aliphatic rings. The molecule has 0 saturated carbocycles. The maximum atomic E-state index is 12.5. The van der Waals surface area contributed by atoms with Gasteiger partial charge in [-0.3, -0.25) is 9.59 Å². The molecule has 0 atom stereocenters. The van der Waals surface area contributed by atoms with Gasteiger partial charge in [-0.25, -0.2) is 14.5 Å². The summed E-state index contributed by atoms with van der Waals surface area (Å²) in [5, 5.41) is 0.455. The molecule has 3 rings (SSSR count).